The van der Waals surface area contributed by atoms with Gasteiger partial charge >= 0.3 is 0 Å². The molecule has 68 valence electrons. The van der Waals surface area contributed by atoms with Gasteiger partial charge in [0.2, 0.25) is 0 Å². The Morgan fingerprint density at radius 2 is 1.36 bits per heavy atom. The Labute approximate surface area is 68.0 Å². The minimum atomic E-state index is 0.195. The van der Waals surface area contributed by atoms with Crippen molar-refractivity contribution in [3.63, 3.8) is 0 Å². The Balaban J connectivity index is 0.000000183. The van der Waals surface area contributed by atoms with Gasteiger partial charge in [0.1, 0.15) is 0 Å². The summed E-state index contributed by atoms with van der Waals surface area (Å²) < 4.78 is 4.94. The summed E-state index contributed by atoms with van der Waals surface area (Å²) in [5.74, 6) is 0. The third-order valence-corrected chi connectivity index (χ3v) is 1.39. The molecule has 1 saturated heterocycles. The summed E-state index contributed by atoms with van der Waals surface area (Å²) in [4.78, 5) is 0. The summed E-state index contributed by atoms with van der Waals surface area (Å²) in [5.41, 5.74) is 0. The minimum Gasteiger partial charge on any atom is -0.396 e. The van der Waals surface area contributed by atoms with Crippen LogP contribution in [0.5, 0.6) is 0 Å². The second-order valence-electron chi connectivity index (χ2n) is 2.47. The SMILES string of the molecule is C1CCOC1.OCCCCO. The third-order valence-electron chi connectivity index (χ3n) is 1.39. The molecule has 0 radical (unpaired) electrons. The highest BCUT2D eigenvalue weighted by molar-refractivity contribution is 4.43. The smallest absolute Gasteiger partial charge is 0.0466 e. The molecule has 11 heavy (non-hydrogen) atoms. The van der Waals surface area contributed by atoms with E-state index in [1.165, 1.54) is 12.8 Å². The van der Waals surface area contributed by atoms with Gasteiger partial charge in [-0.2, -0.15) is 0 Å². The lowest BCUT2D eigenvalue weighted by atomic mass is 10.3. The van der Waals surface area contributed by atoms with E-state index >= 15 is 0 Å². The van der Waals surface area contributed by atoms with Gasteiger partial charge in [-0.05, 0) is 25.7 Å². The van der Waals surface area contributed by atoms with Gasteiger partial charge < -0.3 is 14.9 Å². The third kappa shape index (κ3) is 9.88. The average molecular weight is 162 g/mol. The van der Waals surface area contributed by atoms with Crippen molar-refractivity contribution in [1.82, 2.24) is 0 Å². The van der Waals surface area contributed by atoms with Crippen LogP contribution in [-0.2, 0) is 4.74 Å². The predicted octanol–water partition coefficient (Wildman–Crippen LogP) is 0.548. The van der Waals surface area contributed by atoms with Crippen LogP contribution in [0.1, 0.15) is 25.7 Å². The van der Waals surface area contributed by atoms with Gasteiger partial charge in [-0.1, -0.05) is 0 Å². The van der Waals surface area contributed by atoms with E-state index in [2.05, 4.69) is 0 Å². The van der Waals surface area contributed by atoms with Gasteiger partial charge in [-0.3, -0.25) is 0 Å². The Kier molecular flexibility index (Phi) is 9.77. The first-order valence-electron chi connectivity index (χ1n) is 4.21. The second-order valence-corrected chi connectivity index (χ2v) is 2.47. The molecule has 0 saturated carbocycles. The number of ether oxygens (including phenoxy) is 1. The highest BCUT2D eigenvalue weighted by atomic mass is 16.5. The summed E-state index contributed by atoms with van der Waals surface area (Å²) in [7, 11) is 0. The molecule has 0 atom stereocenters. The molecule has 3 heteroatoms. The zero-order valence-electron chi connectivity index (χ0n) is 6.96. The van der Waals surface area contributed by atoms with Crippen LogP contribution in [0.25, 0.3) is 0 Å². The summed E-state index contributed by atoms with van der Waals surface area (Å²) in [6.45, 7) is 2.39. The molecular formula is C8H18O3. The maximum Gasteiger partial charge on any atom is 0.0466 e. The Morgan fingerprint density at radius 3 is 1.55 bits per heavy atom. The molecule has 0 aliphatic carbocycles. The summed E-state index contributed by atoms with van der Waals surface area (Å²) in [5, 5.41) is 16.2. The van der Waals surface area contributed by atoms with Crippen molar-refractivity contribution in [3.8, 4) is 0 Å². The van der Waals surface area contributed by atoms with Crippen LogP contribution in [0, 0.1) is 0 Å². The zero-order chi connectivity index (χ0) is 8.36. The highest BCUT2D eigenvalue weighted by Gasteiger charge is 1.94. The first kappa shape index (κ1) is 10.9. The van der Waals surface area contributed by atoms with Gasteiger partial charge in [0.15, 0.2) is 0 Å². The maximum atomic E-state index is 8.09. The van der Waals surface area contributed by atoms with Gasteiger partial charge in [0, 0.05) is 26.4 Å². The van der Waals surface area contributed by atoms with E-state index in [1.807, 2.05) is 0 Å². The lowest BCUT2D eigenvalue weighted by Gasteiger charge is -1.85. The number of rotatable bonds is 3. The first-order valence-corrected chi connectivity index (χ1v) is 4.21. The molecular weight excluding hydrogens is 144 g/mol. The monoisotopic (exact) mass is 162 g/mol. The van der Waals surface area contributed by atoms with Crippen LogP contribution < -0.4 is 0 Å². The average Bonchev–Trinajstić information content (AvgIpc) is 2.57. The predicted molar refractivity (Wildman–Crippen MR) is 43.5 cm³/mol. The molecule has 0 unspecified atom stereocenters. The molecule has 1 aliphatic rings. The quantitative estimate of drug-likeness (QED) is 0.596. The van der Waals surface area contributed by atoms with Crippen molar-refractivity contribution in [1.29, 1.82) is 0 Å². The molecule has 3 nitrogen and oxygen atoms in total. The van der Waals surface area contributed by atoms with Crippen LogP contribution in [0.3, 0.4) is 0 Å². The normalized spacial score (nSPS) is 15.8. The summed E-state index contributed by atoms with van der Waals surface area (Å²) in [6, 6.07) is 0. The molecule has 0 bridgehead atoms. The van der Waals surface area contributed by atoms with Crippen molar-refractivity contribution in [2.45, 2.75) is 25.7 Å². The highest BCUT2D eigenvalue weighted by Crippen LogP contribution is 1.98. The largest absolute Gasteiger partial charge is 0.396 e. The fourth-order valence-corrected chi connectivity index (χ4v) is 0.734. The van der Waals surface area contributed by atoms with Crippen LogP contribution >= 0.6 is 0 Å². The molecule has 0 aromatic carbocycles. The molecule has 1 aliphatic heterocycles. The standard InChI is InChI=1S/C4H10O2.C4H8O/c5-3-1-2-4-6;1-2-4-5-3-1/h5-6H,1-4H2;1-4H2. The van der Waals surface area contributed by atoms with Gasteiger partial charge in [-0.15, -0.1) is 0 Å². The number of hydrogen-bond acceptors (Lipinski definition) is 3. The van der Waals surface area contributed by atoms with E-state index in [0.29, 0.717) is 0 Å². The second kappa shape index (κ2) is 9.88. The summed E-state index contributed by atoms with van der Waals surface area (Å²) >= 11 is 0. The molecule has 0 aromatic rings. The van der Waals surface area contributed by atoms with E-state index in [0.717, 1.165) is 26.1 Å². The van der Waals surface area contributed by atoms with Crippen molar-refractivity contribution in [2.24, 2.45) is 0 Å². The molecule has 0 amide bonds. The van der Waals surface area contributed by atoms with Crippen LogP contribution in [0.2, 0.25) is 0 Å². The zero-order valence-corrected chi connectivity index (χ0v) is 6.96. The Hall–Kier alpha value is -0.120. The van der Waals surface area contributed by atoms with Crippen molar-refractivity contribution in [2.75, 3.05) is 26.4 Å². The molecule has 2 N–H and O–H groups in total. The van der Waals surface area contributed by atoms with E-state index in [1.54, 1.807) is 0 Å². The Morgan fingerprint density at radius 1 is 0.909 bits per heavy atom. The first-order chi connectivity index (χ1) is 5.41. The van der Waals surface area contributed by atoms with Crippen molar-refractivity contribution in [3.05, 3.63) is 0 Å². The number of aliphatic hydroxyl groups excluding tert-OH is 2. The Bertz CT molecular complexity index is 50.7. The van der Waals surface area contributed by atoms with Crippen molar-refractivity contribution >= 4 is 0 Å². The lowest BCUT2D eigenvalue weighted by Crippen LogP contribution is -1.85. The maximum absolute atomic E-state index is 8.09. The van der Waals surface area contributed by atoms with Gasteiger partial charge in [-0.25, -0.2) is 0 Å². The topological polar surface area (TPSA) is 49.7 Å². The van der Waals surface area contributed by atoms with E-state index < -0.39 is 0 Å². The van der Waals surface area contributed by atoms with Gasteiger partial charge in [0.05, 0.1) is 0 Å². The van der Waals surface area contributed by atoms with E-state index in [4.69, 9.17) is 14.9 Å². The van der Waals surface area contributed by atoms with E-state index in [9.17, 15) is 0 Å². The fourth-order valence-electron chi connectivity index (χ4n) is 0.734. The van der Waals surface area contributed by atoms with Crippen LogP contribution in [-0.4, -0.2) is 36.6 Å². The summed E-state index contributed by atoms with van der Waals surface area (Å²) in [6.07, 6.45) is 3.99. The number of aliphatic hydroxyl groups is 2. The molecule has 1 heterocycles. The molecule has 1 fully saturated rings. The molecule has 1 rings (SSSR count). The van der Waals surface area contributed by atoms with Gasteiger partial charge in [0.25, 0.3) is 0 Å². The lowest BCUT2D eigenvalue weighted by molar-refractivity contribution is 0.198. The minimum absolute atomic E-state index is 0.195. The fraction of sp³-hybridized carbons (Fsp3) is 1.00. The molecule has 0 spiro atoms. The van der Waals surface area contributed by atoms with Crippen molar-refractivity contribution < 1.29 is 14.9 Å². The number of hydrogen-bond donors (Lipinski definition) is 2. The van der Waals surface area contributed by atoms with E-state index in [-0.39, 0.29) is 13.2 Å². The van der Waals surface area contributed by atoms with Crippen LogP contribution in [0.4, 0.5) is 0 Å². The number of unbranched alkanes of at least 4 members (excludes halogenated alkanes) is 1. The van der Waals surface area contributed by atoms with Crippen LogP contribution in [0.15, 0.2) is 0 Å². The molecule has 0 aromatic heterocycles.